The van der Waals surface area contributed by atoms with Crippen LogP contribution in [0.2, 0.25) is 0 Å². The lowest BCUT2D eigenvalue weighted by Gasteiger charge is -2.19. The lowest BCUT2D eigenvalue weighted by molar-refractivity contribution is -0.143. The van der Waals surface area contributed by atoms with Gasteiger partial charge in [-0.05, 0) is 49.4 Å². The molecule has 0 heterocycles. The van der Waals surface area contributed by atoms with Crippen LogP contribution in [0.25, 0.3) is 0 Å². The molecular weight excluding hydrogens is 218 g/mol. The summed E-state index contributed by atoms with van der Waals surface area (Å²) < 4.78 is 5.45. The van der Waals surface area contributed by atoms with Gasteiger partial charge in [0, 0.05) is 0 Å². The number of aliphatic carboxylic acids is 1. The number of carboxylic acid groups (broad SMARTS) is 1. The molecule has 1 aliphatic rings. The number of ether oxygens (including phenoxy) is 1. The van der Waals surface area contributed by atoms with E-state index in [-0.39, 0.29) is 6.61 Å². The number of carboxylic acids is 1. The van der Waals surface area contributed by atoms with Crippen LogP contribution in [0, 0.1) is 0 Å². The third-order valence-corrected chi connectivity index (χ3v) is 3.10. The van der Waals surface area contributed by atoms with Gasteiger partial charge in [0.25, 0.3) is 0 Å². The smallest absolute Gasteiger partial charge is 0.326 e. The summed E-state index contributed by atoms with van der Waals surface area (Å²) in [6.45, 7) is 1.42. The molecule has 1 aromatic rings. The fraction of sp³-hybridized carbons (Fsp3) is 0.462. The first-order valence-corrected chi connectivity index (χ1v) is 5.76. The number of hydrogen-bond donors (Lipinski definition) is 2. The second-order valence-electron chi connectivity index (χ2n) is 4.80. The number of fused-ring (bicyclic) bond motifs is 1. The maximum Gasteiger partial charge on any atom is 0.326 e. The highest BCUT2D eigenvalue weighted by Crippen LogP contribution is 2.26. The molecule has 1 unspecified atom stereocenters. The third kappa shape index (κ3) is 2.58. The van der Waals surface area contributed by atoms with Crippen LogP contribution in [0.1, 0.15) is 24.5 Å². The van der Waals surface area contributed by atoms with Crippen molar-refractivity contribution in [3.05, 3.63) is 29.3 Å². The SMILES string of the molecule is CC(N)(COc1ccc2c(c1)CCC2)C(=O)O. The quantitative estimate of drug-likeness (QED) is 0.826. The summed E-state index contributed by atoms with van der Waals surface area (Å²) in [5.41, 5.74) is 6.92. The average molecular weight is 235 g/mol. The molecule has 17 heavy (non-hydrogen) atoms. The van der Waals surface area contributed by atoms with Gasteiger partial charge in [0.1, 0.15) is 17.9 Å². The van der Waals surface area contributed by atoms with Crippen molar-refractivity contribution in [1.82, 2.24) is 0 Å². The fourth-order valence-electron chi connectivity index (χ4n) is 1.93. The van der Waals surface area contributed by atoms with Crippen molar-refractivity contribution in [3.8, 4) is 5.75 Å². The number of hydrogen-bond acceptors (Lipinski definition) is 3. The summed E-state index contributed by atoms with van der Waals surface area (Å²) in [5.74, 6) is -0.359. The van der Waals surface area contributed by atoms with Gasteiger partial charge < -0.3 is 15.6 Å². The Morgan fingerprint density at radius 1 is 1.47 bits per heavy atom. The monoisotopic (exact) mass is 235 g/mol. The largest absolute Gasteiger partial charge is 0.491 e. The molecule has 1 aromatic carbocycles. The molecule has 92 valence electrons. The van der Waals surface area contributed by atoms with Crippen LogP contribution in [-0.4, -0.2) is 23.2 Å². The molecule has 0 saturated heterocycles. The average Bonchev–Trinajstić information content (AvgIpc) is 2.73. The van der Waals surface area contributed by atoms with Crippen LogP contribution >= 0.6 is 0 Å². The number of aryl methyl sites for hydroxylation is 2. The molecule has 1 aliphatic carbocycles. The molecule has 0 aliphatic heterocycles. The molecule has 3 N–H and O–H groups in total. The van der Waals surface area contributed by atoms with E-state index < -0.39 is 11.5 Å². The minimum absolute atomic E-state index is 0.0267. The van der Waals surface area contributed by atoms with Gasteiger partial charge >= 0.3 is 5.97 Å². The molecular formula is C13H17NO3. The van der Waals surface area contributed by atoms with Gasteiger partial charge in [-0.1, -0.05) is 6.07 Å². The molecule has 0 bridgehead atoms. The minimum Gasteiger partial charge on any atom is -0.491 e. The standard InChI is InChI=1S/C13H17NO3/c1-13(14,12(15)16)8-17-11-6-5-9-3-2-4-10(9)7-11/h5-7H,2-4,8,14H2,1H3,(H,15,16). The highest BCUT2D eigenvalue weighted by Gasteiger charge is 2.29. The Hall–Kier alpha value is -1.55. The highest BCUT2D eigenvalue weighted by molar-refractivity contribution is 5.78. The van der Waals surface area contributed by atoms with Crippen molar-refractivity contribution in [2.45, 2.75) is 31.7 Å². The first-order chi connectivity index (χ1) is 7.99. The van der Waals surface area contributed by atoms with E-state index in [1.54, 1.807) is 0 Å². The van der Waals surface area contributed by atoms with Gasteiger partial charge in [-0.3, -0.25) is 4.79 Å². The molecule has 4 nitrogen and oxygen atoms in total. The van der Waals surface area contributed by atoms with Crippen molar-refractivity contribution in [2.24, 2.45) is 5.73 Å². The lowest BCUT2D eigenvalue weighted by Crippen LogP contribution is -2.49. The van der Waals surface area contributed by atoms with Crippen molar-refractivity contribution < 1.29 is 14.6 Å². The highest BCUT2D eigenvalue weighted by atomic mass is 16.5. The second kappa shape index (κ2) is 4.37. The number of nitrogens with two attached hydrogens (primary N) is 1. The predicted octanol–water partition coefficient (Wildman–Crippen LogP) is 1.36. The van der Waals surface area contributed by atoms with E-state index in [9.17, 15) is 4.79 Å². The zero-order valence-corrected chi connectivity index (χ0v) is 9.90. The summed E-state index contributed by atoms with van der Waals surface area (Å²) >= 11 is 0. The van der Waals surface area contributed by atoms with Crippen molar-refractivity contribution in [2.75, 3.05) is 6.61 Å². The second-order valence-corrected chi connectivity index (χ2v) is 4.80. The van der Waals surface area contributed by atoms with Gasteiger partial charge in [0.2, 0.25) is 0 Å². The van der Waals surface area contributed by atoms with Gasteiger partial charge in [-0.2, -0.15) is 0 Å². The summed E-state index contributed by atoms with van der Waals surface area (Å²) in [5, 5.41) is 8.87. The van der Waals surface area contributed by atoms with E-state index >= 15 is 0 Å². The molecule has 0 radical (unpaired) electrons. The Morgan fingerprint density at radius 3 is 2.88 bits per heavy atom. The molecule has 0 saturated carbocycles. The summed E-state index contributed by atoms with van der Waals surface area (Å²) in [7, 11) is 0. The molecule has 4 heteroatoms. The summed E-state index contributed by atoms with van der Waals surface area (Å²) in [6, 6.07) is 5.91. The molecule has 2 rings (SSSR count). The normalized spacial score (nSPS) is 17.3. The first-order valence-electron chi connectivity index (χ1n) is 5.76. The van der Waals surface area contributed by atoms with E-state index in [2.05, 4.69) is 0 Å². The van der Waals surface area contributed by atoms with Crippen LogP contribution in [0.4, 0.5) is 0 Å². The van der Waals surface area contributed by atoms with E-state index in [0.29, 0.717) is 5.75 Å². The fourth-order valence-corrected chi connectivity index (χ4v) is 1.93. The Labute approximate surface area is 100 Å². The van der Waals surface area contributed by atoms with Gasteiger partial charge in [-0.15, -0.1) is 0 Å². The van der Waals surface area contributed by atoms with E-state index in [0.717, 1.165) is 12.8 Å². The molecule has 0 fully saturated rings. The maximum absolute atomic E-state index is 10.8. The number of benzene rings is 1. The van der Waals surface area contributed by atoms with Crippen molar-refractivity contribution in [1.29, 1.82) is 0 Å². The molecule has 0 aromatic heterocycles. The van der Waals surface area contributed by atoms with Crippen LogP contribution < -0.4 is 10.5 Å². The van der Waals surface area contributed by atoms with Crippen LogP contribution in [0.5, 0.6) is 5.75 Å². The Morgan fingerprint density at radius 2 is 2.18 bits per heavy atom. The molecule has 0 spiro atoms. The Kier molecular flexibility index (Phi) is 3.07. The third-order valence-electron chi connectivity index (χ3n) is 3.10. The summed E-state index contributed by atoms with van der Waals surface area (Å²) in [6.07, 6.45) is 3.38. The van der Waals surface area contributed by atoms with Gasteiger partial charge in [0.05, 0.1) is 0 Å². The van der Waals surface area contributed by atoms with E-state index in [1.165, 1.54) is 24.5 Å². The molecule has 1 atom stereocenters. The van der Waals surface area contributed by atoms with Gasteiger partial charge in [-0.25, -0.2) is 0 Å². The van der Waals surface area contributed by atoms with E-state index in [4.69, 9.17) is 15.6 Å². The maximum atomic E-state index is 10.8. The predicted molar refractivity (Wildman–Crippen MR) is 64.2 cm³/mol. The minimum atomic E-state index is -1.35. The number of rotatable bonds is 4. The first kappa shape index (κ1) is 11.9. The van der Waals surface area contributed by atoms with Crippen LogP contribution in [0.3, 0.4) is 0 Å². The van der Waals surface area contributed by atoms with Crippen LogP contribution in [-0.2, 0) is 17.6 Å². The zero-order valence-electron chi connectivity index (χ0n) is 9.90. The Bertz CT molecular complexity index is 440. The van der Waals surface area contributed by atoms with Crippen molar-refractivity contribution in [3.63, 3.8) is 0 Å². The van der Waals surface area contributed by atoms with Crippen LogP contribution in [0.15, 0.2) is 18.2 Å². The van der Waals surface area contributed by atoms with Crippen molar-refractivity contribution >= 4 is 5.97 Å². The topological polar surface area (TPSA) is 72.5 Å². The molecule has 0 amide bonds. The summed E-state index contributed by atoms with van der Waals surface area (Å²) in [4.78, 5) is 10.8. The Balaban J connectivity index is 2.03. The zero-order chi connectivity index (χ0) is 12.5. The lowest BCUT2D eigenvalue weighted by atomic mass is 10.1. The van der Waals surface area contributed by atoms with E-state index in [1.807, 2.05) is 18.2 Å². The number of carbonyl (C=O) groups is 1. The van der Waals surface area contributed by atoms with Gasteiger partial charge in [0.15, 0.2) is 0 Å².